The topological polar surface area (TPSA) is 58.6 Å². The van der Waals surface area contributed by atoms with Gasteiger partial charge in [-0.3, -0.25) is 9.59 Å². The number of benzene rings is 2. The van der Waals surface area contributed by atoms with E-state index in [9.17, 15) is 9.59 Å². The molecule has 31 heavy (non-hydrogen) atoms. The van der Waals surface area contributed by atoms with E-state index in [2.05, 4.69) is 28.4 Å². The summed E-state index contributed by atoms with van der Waals surface area (Å²) in [6.07, 6.45) is 5.75. The molecule has 1 saturated heterocycles. The first-order chi connectivity index (χ1) is 15.1. The highest BCUT2D eigenvalue weighted by molar-refractivity contribution is 5.96. The van der Waals surface area contributed by atoms with Gasteiger partial charge in [-0.2, -0.15) is 0 Å². The molecular weight excluding hydrogens is 388 g/mol. The van der Waals surface area contributed by atoms with Crippen molar-refractivity contribution >= 4 is 17.4 Å². The summed E-state index contributed by atoms with van der Waals surface area (Å²) < 4.78 is 5.15. The number of amides is 1. The van der Waals surface area contributed by atoms with Crippen LogP contribution in [0, 0.1) is 5.92 Å². The minimum Gasteiger partial charge on any atom is -0.497 e. The quantitative estimate of drug-likeness (QED) is 0.587. The fourth-order valence-corrected chi connectivity index (χ4v) is 4.33. The smallest absolute Gasteiger partial charge is 0.227 e. The lowest BCUT2D eigenvalue weighted by molar-refractivity contribution is -0.117. The van der Waals surface area contributed by atoms with Gasteiger partial charge in [0.25, 0.3) is 0 Å². The lowest BCUT2D eigenvalue weighted by atomic mass is 9.89. The van der Waals surface area contributed by atoms with Crippen LogP contribution in [0.1, 0.15) is 60.4 Å². The van der Waals surface area contributed by atoms with E-state index in [1.54, 1.807) is 7.11 Å². The Hall–Kier alpha value is -2.66. The fourth-order valence-electron chi connectivity index (χ4n) is 4.33. The van der Waals surface area contributed by atoms with Gasteiger partial charge in [0.05, 0.1) is 7.11 Å². The average Bonchev–Trinajstić information content (AvgIpc) is 3.65. The number of hydrogen-bond acceptors (Lipinski definition) is 4. The third-order valence-electron chi connectivity index (χ3n) is 6.45. The molecule has 1 saturated carbocycles. The predicted molar refractivity (Wildman–Crippen MR) is 123 cm³/mol. The number of carbonyl (C=O) groups excluding carboxylic acids is 2. The second kappa shape index (κ2) is 10.1. The van der Waals surface area contributed by atoms with Gasteiger partial charge in [0.2, 0.25) is 5.91 Å². The lowest BCUT2D eigenvalue weighted by Gasteiger charge is -2.32. The molecule has 2 aromatic rings. The first-order valence-corrected chi connectivity index (χ1v) is 11.4. The monoisotopic (exact) mass is 420 g/mol. The maximum atomic E-state index is 12.4. The molecular formula is C26H32N2O3. The summed E-state index contributed by atoms with van der Waals surface area (Å²) in [6.45, 7) is 3.08. The zero-order valence-corrected chi connectivity index (χ0v) is 18.3. The number of piperidine rings is 1. The highest BCUT2D eigenvalue weighted by Gasteiger charge is 2.29. The Kier molecular flexibility index (Phi) is 7.03. The molecule has 2 aliphatic rings. The number of Topliss-reactive ketones (excluding diaryl/α,β-unsaturated/α-hetero) is 1. The third-order valence-corrected chi connectivity index (χ3v) is 6.45. The maximum Gasteiger partial charge on any atom is 0.227 e. The average molecular weight is 421 g/mol. The van der Waals surface area contributed by atoms with Crippen molar-refractivity contribution < 1.29 is 14.3 Å². The van der Waals surface area contributed by atoms with Crippen molar-refractivity contribution in [2.75, 3.05) is 32.1 Å². The molecule has 0 atom stereocenters. The largest absolute Gasteiger partial charge is 0.497 e. The zero-order valence-electron chi connectivity index (χ0n) is 18.3. The van der Waals surface area contributed by atoms with E-state index in [-0.39, 0.29) is 17.6 Å². The van der Waals surface area contributed by atoms with E-state index in [0.29, 0.717) is 12.3 Å². The van der Waals surface area contributed by atoms with Gasteiger partial charge in [0.15, 0.2) is 5.78 Å². The molecule has 1 aliphatic heterocycles. The molecule has 4 rings (SSSR count). The van der Waals surface area contributed by atoms with Crippen molar-refractivity contribution in [3.05, 3.63) is 59.7 Å². The maximum absolute atomic E-state index is 12.4. The molecule has 0 spiro atoms. The van der Waals surface area contributed by atoms with Gasteiger partial charge in [0.1, 0.15) is 5.75 Å². The molecule has 0 unspecified atom stereocenters. The van der Waals surface area contributed by atoms with Crippen LogP contribution in [0.2, 0.25) is 0 Å². The van der Waals surface area contributed by atoms with Crippen molar-refractivity contribution in [1.82, 2.24) is 4.90 Å². The number of carbonyl (C=O) groups is 2. The van der Waals surface area contributed by atoms with Crippen molar-refractivity contribution in [1.29, 1.82) is 0 Å². The fraction of sp³-hybridized carbons (Fsp3) is 0.462. The zero-order chi connectivity index (χ0) is 21.6. The number of nitrogens with one attached hydrogen (secondary N) is 1. The van der Waals surface area contributed by atoms with Gasteiger partial charge in [-0.25, -0.2) is 0 Å². The van der Waals surface area contributed by atoms with Crippen molar-refractivity contribution in [3.63, 3.8) is 0 Å². The summed E-state index contributed by atoms with van der Waals surface area (Å²) in [5, 5.41) is 3.06. The van der Waals surface area contributed by atoms with E-state index in [1.165, 1.54) is 5.56 Å². The first-order valence-electron chi connectivity index (χ1n) is 11.4. The molecule has 2 aromatic carbocycles. The third kappa shape index (κ3) is 5.95. The SMILES string of the molecule is COc1ccc(C(=O)CCCN2CCC(c3cccc(NC(=O)C4CC4)c3)CC2)cc1. The van der Waals surface area contributed by atoms with Crippen LogP contribution in [-0.4, -0.2) is 43.3 Å². The van der Waals surface area contributed by atoms with Crippen LogP contribution in [0.25, 0.3) is 0 Å². The molecule has 1 amide bonds. The first kappa shape index (κ1) is 21.6. The number of anilines is 1. The van der Waals surface area contributed by atoms with Crippen molar-refractivity contribution in [3.8, 4) is 5.75 Å². The van der Waals surface area contributed by atoms with Gasteiger partial charge in [-0.05, 0) is 99.6 Å². The number of methoxy groups -OCH3 is 1. The number of rotatable bonds is 9. The van der Waals surface area contributed by atoms with Crippen LogP contribution in [0.4, 0.5) is 5.69 Å². The summed E-state index contributed by atoms with van der Waals surface area (Å²) in [6, 6.07) is 15.7. The van der Waals surface area contributed by atoms with Gasteiger partial charge < -0.3 is 15.0 Å². The Labute approximate surface area is 184 Å². The second-order valence-corrected chi connectivity index (χ2v) is 8.76. The summed E-state index contributed by atoms with van der Waals surface area (Å²) in [5.74, 6) is 1.90. The Bertz CT molecular complexity index is 897. The molecule has 1 aliphatic carbocycles. The molecule has 1 N–H and O–H groups in total. The van der Waals surface area contributed by atoms with Gasteiger partial charge in [-0.15, -0.1) is 0 Å². The van der Waals surface area contributed by atoms with Crippen LogP contribution < -0.4 is 10.1 Å². The van der Waals surface area contributed by atoms with Gasteiger partial charge >= 0.3 is 0 Å². The number of hydrogen-bond donors (Lipinski definition) is 1. The molecule has 0 aromatic heterocycles. The molecule has 0 bridgehead atoms. The number of likely N-dealkylation sites (tertiary alicyclic amines) is 1. The Morgan fingerprint density at radius 1 is 1.03 bits per heavy atom. The van der Waals surface area contributed by atoms with Crippen LogP contribution in [0.15, 0.2) is 48.5 Å². The van der Waals surface area contributed by atoms with Gasteiger partial charge in [0, 0.05) is 23.6 Å². The summed E-state index contributed by atoms with van der Waals surface area (Å²) in [7, 11) is 1.63. The highest BCUT2D eigenvalue weighted by atomic mass is 16.5. The van der Waals surface area contributed by atoms with Crippen molar-refractivity contribution in [2.45, 2.75) is 44.4 Å². The Balaban J connectivity index is 1.20. The van der Waals surface area contributed by atoms with Gasteiger partial charge in [-0.1, -0.05) is 12.1 Å². The van der Waals surface area contributed by atoms with Crippen molar-refractivity contribution in [2.24, 2.45) is 5.92 Å². The molecule has 5 nitrogen and oxygen atoms in total. The summed E-state index contributed by atoms with van der Waals surface area (Å²) >= 11 is 0. The molecule has 0 radical (unpaired) electrons. The van der Waals surface area contributed by atoms with E-state index >= 15 is 0 Å². The van der Waals surface area contributed by atoms with Crippen LogP contribution >= 0.6 is 0 Å². The van der Waals surface area contributed by atoms with E-state index in [0.717, 1.165) is 68.7 Å². The number of nitrogens with zero attached hydrogens (tertiary/aromatic N) is 1. The number of ketones is 1. The molecule has 2 fully saturated rings. The van der Waals surface area contributed by atoms with Crippen LogP contribution in [0.3, 0.4) is 0 Å². The molecule has 1 heterocycles. The van der Waals surface area contributed by atoms with E-state index < -0.39 is 0 Å². The lowest BCUT2D eigenvalue weighted by Crippen LogP contribution is -2.33. The normalized spacial score (nSPS) is 17.3. The minimum absolute atomic E-state index is 0.163. The minimum atomic E-state index is 0.163. The standard InChI is InChI=1S/C26H32N2O3/c1-31-24-11-9-20(10-12-24)25(29)6-3-15-28-16-13-19(14-17-28)22-4-2-5-23(18-22)27-26(30)21-7-8-21/h2,4-5,9-12,18-19,21H,3,6-8,13-17H2,1H3,(H,27,30). The summed E-state index contributed by atoms with van der Waals surface area (Å²) in [4.78, 5) is 26.9. The van der Waals surface area contributed by atoms with E-state index in [1.807, 2.05) is 30.3 Å². The second-order valence-electron chi connectivity index (χ2n) is 8.76. The highest BCUT2D eigenvalue weighted by Crippen LogP contribution is 2.32. The molecule has 5 heteroatoms. The Morgan fingerprint density at radius 3 is 2.45 bits per heavy atom. The molecule has 164 valence electrons. The predicted octanol–water partition coefficient (Wildman–Crippen LogP) is 4.89. The van der Waals surface area contributed by atoms with Crippen LogP contribution in [0.5, 0.6) is 5.75 Å². The Morgan fingerprint density at radius 2 is 1.77 bits per heavy atom. The number of ether oxygens (including phenoxy) is 1. The summed E-state index contributed by atoms with van der Waals surface area (Å²) in [5.41, 5.74) is 3.00. The van der Waals surface area contributed by atoms with Crippen LogP contribution in [-0.2, 0) is 4.79 Å². The van der Waals surface area contributed by atoms with E-state index in [4.69, 9.17) is 4.74 Å².